The van der Waals surface area contributed by atoms with Crippen LogP contribution in [0.4, 0.5) is 0 Å². The summed E-state index contributed by atoms with van der Waals surface area (Å²) in [6, 6.07) is 0. The molecule has 0 atom stereocenters. The van der Waals surface area contributed by atoms with Gasteiger partial charge in [0.15, 0.2) is 0 Å². The number of rotatable bonds is 1. The molecule has 6 aliphatic carbocycles. The maximum atomic E-state index is 3.83. The van der Waals surface area contributed by atoms with Crippen LogP contribution < -0.4 is 0 Å². The highest BCUT2D eigenvalue weighted by Crippen LogP contribution is 2.87. The number of hydrogen-bond acceptors (Lipinski definition) is 0. The van der Waals surface area contributed by atoms with Gasteiger partial charge in [-0.2, -0.15) is 0 Å². The van der Waals surface area contributed by atoms with Crippen LogP contribution >= 0.6 is 15.9 Å². The third-order valence-corrected chi connectivity index (χ3v) is 5.97. The van der Waals surface area contributed by atoms with Gasteiger partial charge >= 0.3 is 0 Å². The normalized spacial score (nSPS) is 75.5. The van der Waals surface area contributed by atoms with Gasteiger partial charge in [-0.1, -0.05) is 15.9 Å². The Morgan fingerprint density at radius 2 is 1.45 bits per heavy atom. The Morgan fingerprint density at radius 3 is 1.73 bits per heavy atom. The molecule has 0 nitrogen and oxygen atoms in total. The second kappa shape index (κ2) is 1.25. The van der Waals surface area contributed by atoms with Gasteiger partial charge in [0.05, 0.1) is 0 Å². The van der Waals surface area contributed by atoms with Crippen molar-refractivity contribution in [2.75, 3.05) is 0 Å². The fraction of sp³-hybridized carbons (Fsp3) is 1.00. The van der Waals surface area contributed by atoms with Crippen molar-refractivity contribution < 1.29 is 0 Å². The lowest BCUT2D eigenvalue weighted by molar-refractivity contribution is -0.295. The minimum atomic E-state index is 0.655. The van der Waals surface area contributed by atoms with E-state index in [1.165, 1.54) is 25.2 Å². The second-order valence-electron chi connectivity index (χ2n) is 5.72. The molecule has 6 aliphatic rings. The molecular weight excluding hydrogens is 200 g/mol. The molecule has 0 aromatic carbocycles. The largest absolute Gasteiger partial charge is 0.0853 e. The van der Waals surface area contributed by atoms with Crippen LogP contribution in [0.5, 0.6) is 0 Å². The first-order valence-electron chi connectivity index (χ1n) is 4.85. The van der Waals surface area contributed by atoms with Crippen LogP contribution in [0.15, 0.2) is 0 Å². The fourth-order valence-corrected chi connectivity index (χ4v) is 5.96. The van der Waals surface area contributed by atoms with E-state index >= 15 is 0 Å². The van der Waals surface area contributed by atoms with Crippen LogP contribution in [0.1, 0.15) is 38.5 Å². The van der Waals surface area contributed by atoms with E-state index < -0.39 is 0 Å². The zero-order valence-electron chi connectivity index (χ0n) is 6.70. The Morgan fingerprint density at radius 1 is 0.909 bits per heavy atom. The Labute approximate surface area is 75.9 Å². The second-order valence-corrected chi connectivity index (χ2v) is 7.40. The molecule has 0 N–H and O–H groups in total. The van der Waals surface area contributed by atoms with Crippen LogP contribution in [0.25, 0.3) is 0 Å². The fourth-order valence-electron chi connectivity index (χ4n) is 4.35. The van der Waals surface area contributed by atoms with Gasteiger partial charge in [0.1, 0.15) is 0 Å². The monoisotopic (exact) mass is 212 g/mol. The lowest BCUT2D eigenvalue weighted by Crippen LogP contribution is -2.76. The van der Waals surface area contributed by atoms with E-state index in [0.717, 1.165) is 10.8 Å². The Hall–Kier alpha value is 0.480. The number of alkyl halides is 1. The zero-order chi connectivity index (χ0) is 7.32. The summed E-state index contributed by atoms with van der Waals surface area (Å²) in [5, 5.41) is 0. The van der Waals surface area contributed by atoms with E-state index in [0.29, 0.717) is 4.32 Å². The van der Waals surface area contributed by atoms with Crippen LogP contribution in [-0.2, 0) is 0 Å². The minimum absolute atomic E-state index is 0.655. The maximum absolute atomic E-state index is 3.83. The molecule has 0 unspecified atom stereocenters. The first kappa shape index (κ1) is 6.01. The van der Waals surface area contributed by atoms with Gasteiger partial charge in [0.25, 0.3) is 0 Å². The first-order chi connectivity index (χ1) is 5.16. The van der Waals surface area contributed by atoms with Crippen LogP contribution in [0, 0.1) is 16.7 Å². The summed E-state index contributed by atoms with van der Waals surface area (Å²) in [6.45, 7) is 0. The molecule has 1 heteroatoms. The summed E-state index contributed by atoms with van der Waals surface area (Å²) in [6.07, 6.45) is 9.38. The molecular formula is C10H13Br. The van der Waals surface area contributed by atoms with E-state index in [4.69, 9.17) is 0 Å². The third kappa shape index (κ3) is 0.418. The summed E-state index contributed by atoms with van der Waals surface area (Å²) >= 11 is 3.83. The molecule has 0 amide bonds. The van der Waals surface area contributed by atoms with Crippen molar-refractivity contribution in [3.05, 3.63) is 0 Å². The van der Waals surface area contributed by atoms with Crippen LogP contribution in [0.2, 0.25) is 0 Å². The predicted octanol–water partition coefficient (Wildman–Crippen LogP) is 3.10. The van der Waals surface area contributed by atoms with Crippen molar-refractivity contribution in [3.63, 3.8) is 0 Å². The van der Waals surface area contributed by atoms with Crippen LogP contribution in [0.3, 0.4) is 0 Å². The Bertz CT molecular complexity index is 219. The average Bonchev–Trinajstić information content (AvgIpc) is 1.48. The van der Waals surface area contributed by atoms with Crippen molar-refractivity contribution in [1.29, 1.82) is 0 Å². The maximum Gasteiger partial charge on any atom is 0.0274 e. The number of halogens is 1. The van der Waals surface area contributed by atoms with E-state index in [2.05, 4.69) is 15.9 Å². The van der Waals surface area contributed by atoms with Gasteiger partial charge in [-0.25, -0.2) is 0 Å². The highest BCUT2D eigenvalue weighted by Gasteiger charge is 2.79. The summed E-state index contributed by atoms with van der Waals surface area (Å²) in [4.78, 5) is 0. The van der Waals surface area contributed by atoms with E-state index in [-0.39, 0.29) is 0 Å². The molecule has 6 fully saturated rings. The quantitative estimate of drug-likeness (QED) is 0.587. The molecule has 6 rings (SSSR count). The van der Waals surface area contributed by atoms with Gasteiger partial charge in [-0.15, -0.1) is 0 Å². The first-order valence-corrected chi connectivity index (χ1v) is 5.64. The van der Waals surface area contributed by atoms with Gasteiger partial charge in [-0.3, -0.25) is 0 Å². The van der Waals surface area contributed by atoms with Gasteiger partial charge in [0.2, 0.25) is 0 Å². The SMILES string of the molecule is BrC12CC(C34CC(C3)C4)(C1)C2. The zero-order valence-corrected chi connectivity index (χ0v) is 8.28. The van der Waals surface area contributed by atoms with E-state index in [1.807, 2.05) is 0 Å². The van der Waals surface area contributed by atoms with Crippen molar-refractivity contribution in [2.24, 2.45) is 16.7 Å². The van der Waals surface area contributed by atoms with Gasteiger partial charge in [-0.05, 0) is 55.3 Å². The van der Waals surface area contributed by atoms with Gasteiger partial charge in [0, 0.05) is 4.32 Å². The lowest BCUT2D eigenvalue weighted by atomic mass is 9.24. The predicted molar refractivity (Wildman–Crippen MR) is 47.7 cm³/mol. The summed E-state index contributed by atoms with van der Waals surface area (Å²) in [5.41, 5.74) is 1.79. The van der Waals surface area contributed by atoms with Crippen molar-refractivity contribution in [1.82, 2.24) is 0 Å². The summed E-state index contributed by atoms with van der Waals surface area (Å²) in [7, 11) is 0. The van der Waals surface area contributed by atoms with Crippen molar-refractivity contribution in [3.8, 4) is 0 Å². The molecule has 0 aliphatic heterocycles. The number of hydrogen-bond donors (Lipinski definition) is 0. The van der Waals surface area contributed by atoms with Crippen LogP contribution in [-0.4, -0.2) is 4.32 Å². The molecule has 0 aromatic heterocycles. The Kier molecular flexibility index (Phi) is 0.682. The molecule has 0 saturated heterocycles. The molecule has 0 heterocycles. The highest BCUT2D eigenvalue weighted by atomic mass is 79.9. The van der Waals surface area contributed by atoms with E-state index in [9.17, 15) is 0 Å². The molecule has 0 aromatic rings. The molecule has 0 spiro atoms. The topological polar surface area (TPSA) is 0 Å². The minimum Gasteiger partial charge on any atom is -0.0853 e. The highest BCUT2D eigenvalue weighted by molar-refractivity contribution is 9.10. The molecule has 11 heavy (non-hydrogen) atoms. The molecule has 6 saturated carbocycles. The van der Waals surface area contributed by atoms with Crippen molar-refractivity contribution in [2.45, 2.75) is 42.8 Å². The summed E-state index contributed by atoms with van der Waals surface area (Å²) < 4.78 is 0.655. The Balaban J connectivity index is 1.67. The summed E-state index contributed by atoms with van der Waals surface area (Å²) in [5.74, 6) is 1.18. The molecule has 4 bridgehead atoms. The average molecular weight is 213 g/mol. The molecule has 60 valence electrons. The van der Waals surface area contributed by atoms with E-state index in [1.54, 1.807) is 19.3 Å². The van der Waals surface area contributed by atoms with Gasteiger partial charge < -0.3 is 0 Å². The molecule has 0 radical (unpaired) electrons. The smallest absolute Gasteiger partial charge is 0.0274 e. The third-order valence-electron chi connectivity index (χ3n) is 5.13. The standard InChI is InChI=1S/C10H13Br/c11-10-4-9(5-10,6-10)8-1-7(2-8)3-8/h7H,1-6H2. The lowest BCUT2D eigenvalue weighted by Gasteiger charge is -2.83. The van der Waals surface area contributed by atoms with Crippen molar-refractivity contribution >= 4 is 15.9 Å².